The molecule has 0 radical (unpaired) electrons. The molecular weight excluding hydrogens is 244 g/mol. The summed E-state index contributed by atoms with van der Waals surface area (Å²) >= 11 is 0. The van der Waals surface area contributed by atoms with Gasteiger partial charge in [0.15, 0.2) is 0 Å². The maximum atomic E-state index is 5.91. The summed E-state index contributed by atoms with van der Waals surface area (Å²) in [5.41, 5.74) is 12.7. The average Bonchev–Trinajstić information content (AvgIpc) is 2.89. The highest BCUT2D eigenvalue weighted by atomic mass is 15.2. The Hall–Kier alpha value is -1.80. The Morgan fingerprint density at radius 1 is 0.950 bits per heavy atom. The lowest BCUT2D eigenvalue weighted by Crippen LogP contribution is -2.26. The summed E-state index contributed by atoms with van der Waals surface area (Å²) in [5.74, 6) is 0. The minimum atomic E-state index is 0.577. The van der Waals surface area contributed by atoms with E-state index < -0.39 is 0 Å². The van der Waals surface area contributed by atoms with Crippen LogP contribution in [0.5, 0.6) is 0 Å². The molecule has 1 heterocycles. The van der Waals surface area contributed by atoms with Gasteiger partial charge in [-0.3, -0.25) is 4.90 Å². The summed E-state index contributed by atoms with van der Waals surface area (Å²) in [4.78, 5) is 2.61. The number of nitrogen functional groups attached to an aromatic ring is 1. The number of nitrogens with two attached hydrogens (primary N) is 1. The van der Waals surface area contributed by atoms with Crippen LogP contribution in [0.1, 0.15) is 41.1 Å². The van der Waals surface area contributed by atoms with E-state index in [0.29, 0.717) is 6.04 Å². The molecule has 0 fully saturated rings. The topological polar surface area (TPSA) is 29.3 Å². The van der Waals surface area contributed by atoms with Crippen molar-refractivity contribution in [1.82, 2.24) is 4.90 Å². The fourth-order valence-electron chi connectivity index (χ4n) is 3.77. The summed E-state index contributed by atoms with van der Waals surface area (Å²) in [6, 6.07) is 15.9. The van der Waals surface area contributed by atoms with Gasteiger partial charge in [0.25, 0.3) is 0 Å². The van der Waals surface area contributed by atoms with Crippen molar-refractivity contribution in [3.8, 4) is 0 Å². The Kier molecular flexibility index (Phi) is 2.78. The molecule has 0 amide bonds. The van der Waals surface area contributed by atoms with E-state index in [-0.39, 0.29) is 0 Å². The standard InChI is InChI=1S/C18H20N2/c19-16-9-8-14-11-20(12-15(14)10-16)18-7-3-5-13-4-1-2-6-17(13)18/h1-2,4,6,8-10,18H,3,5,7,11-12,19H2. The lowest BCUT2D eigenvalue weighted by atomic mass is 9.87. The summed E-state index contributed by atoms with van der Waals surface area (Å²) in [5, 5.41) is 0. The zero-order chi connectivity index (χ0) is 13.5. The van der Waals surface area contributed by atoms with Crippen molar-refractivity contribution in [3.05, 3.63) is 64.7 Å². The van der Waals surface area contributed by atoms with Crippen molar-refractivity contribution in [2.24, 2.45) is 0 Å². The van der Waals surface area contributed by atoms with Crippen LogP contribution < -0.4 is 5.73 Å². The van der Waals surface area contributed by atoms with Gasteiger partial charge in [0.05, 0.1) is 0 Å². The van der Waals surface area contributed by atoms with Crippen LogP contribution in [-0.2, 0) is 19.5 Å². The van der Waals surface area contributed by atoms with E-state index >= 15 is 0 Å². The molecule has 4 rings (SSSR count). The van der Waals surface area contributed by atoms with Crippen LogP contribution in [0.3, 0.4) is 0 Å². The van der Waals surface area contributed by atoms with Crippen LogP contribution >= 0.6 is 0 Å². The number of nitrogens with zero attached hydrogens (tertiary/aromatic N) is 1. The van der Waals surface area contributed by atoms with Crippen molar-refractivity contribution in [2.75, 3.05) is 5.73 Å². The molecule has 0 saturated heterocycles. The lowest BCUT2D eigenvalue weighted by molar-refractivity contribution is 0.180. The van der Waals surface area contributed by atoms with Gasteiger partial charge in [-0.05, 0) is 53.6 Å². The van der Waals surface area contributed by atoms with E-state index in [9.17, 15) is 0 Å². The van der Waals surface area contributed by atoms with Crippen LogP contribution in [0.2, 0.25) is 0 Å². The third-order valence-electron chi connectivity index (χ3n) is 4.76. The fourth-order valence-corrected chi connectivity index (χ4v) is 3.77. The average molecular weight is 264 g/mol. The van der Waals surface area contributed by atoms with Crippen molar-refractivity contribution in [3.63, 3.8) is 0 Å². The van der Waals surface area contributed by atoms with Gasteiger partial charge in [-0.25, -0.2) is 0 Å². The molecule has 2 aromatic rings. The maximum Gasteiger partial charge on any atom is 0.0358 e. The fraction of sp³-hybridized carbons (Fsp3) is 0.333. The first kappa shape index (κ1) is 12.0. The van der Waals surface area contributed by atoms with Gasteiger partial charge in [0, 0.05) is 24.8 Å². The Balaban J connectivity index is 1.65. The molecule has 2 N–H and O–H groups in total. The van der Waals surface area contributed by atoms with E-state index in [1.807, 2.05) is 6.07 Å². The SMILES string of the molecule is Nc1ccc2c(c1)CN(C1CCCc3ccccc31)C2. The number of hydrogen-bond donors (Lipinski definition) is 1. The van der Waals surface area contributed by atoms with Gasteiger partial charge in [-0.1, -0.05) is 30.3 Å². The molecule has 0 spiro atoms. The van der Waals surface area contributed by atoms with Gasteiger partial charge >= 0.3 is 0 Å². The van der Waals surface area contributed by atoms with Crippen LogP contribution in [-0.4, -0.2) is 4.90 Å². The molecule has 0 saturated carbocycles. The first-order valence-electron chi connectivity index (χ1n) is 7.50. The van der Waals surface area contributed by atoms with E-state index in [0.717, 1.165) is 18.8 Å². The number of fused-ring (bicyclic) bond motifs is 2. The molecule has 102 valence electrons. The molecule has 20 heavy (non-hydrogen) atoms. The van der Waals surface area contributed by atoms with Crippen LogP contribution in [0, 0.1) is 0 Å². The normalized spacial score (nSPS) is 21.5. The van der Waals surface area contributed by atoms with Crippen molar-refractivity contribution < 1.29 is 0 Å². The van der Waals surface area contributed by atoms with Crippen LogP contribution in [0.4, 0.5) is 5.69 Å². The van der Waals surface area contributed by atoms with E-state index in [4.69, 9.17) is 5.73 Å². The van der Waals surface area contributed by atoms with Gasteiger partial charge in [-0.15, -0.1) is 0 Å². The maximum absolute atomic E-state index is 5.91. The molecule has 2 heteroatoms. The molecule has 0 aromatic heterocycles. The molecule has 2 aliphatic rings. The highest BCUT2D eigenvalue weighted by Crippen LogP contribution is 2.39. The molecule has 0 bridgehead atoms. The monoisotopic (exact) mass is 264 g/mol. The Labute approximate surface area is 120 Å². The second kappa shape index (κ2) is 4.64. The predicted octanol–water partition coefficient (Wildman–Crippen LogP) is 3.66. The molecule has 1 unspecified atom stereocenters. The van der Waals surface area contributed by atoms with Gasteiger partial charge in [0.2, 0.25) is 0 Å². The van der Waals surface area contributed by atoms with E-state index in [1.54, 1.807) is 11.1 Å². The van der Waals surface area contributed by atoms with Gasteiger partial charge in [-0.2, -0.15) is 0 Å². The Morgan fingerprint density at radius 2 is 1.80 bits per heavy atom. The number of anilines is 1. The molecular formula is C18H20N2. The Morgan fingerprint density at radius 3 is 2.75 bits per heavy atom. The third-order valence-corrected chi connectivity index (χ3v) is 4.76. The molecule has 2 aromatic carbocycles. The zero-order valence-electron chi connectivity index (χ0n) is 11.7. The summed E-state index contributed by atoms with van der Waals surface area (Å²) < 4.78 is 0. The quantitative estimate of drug-likeness (QED) is 0.796. The molecule has 1 aliphatic heterocycles. The summed E-state index contributed by atoms with van der Waals surface area (Å²) in [6.07, 6.45) is 3.82. The highest BCUT2D eigenvalue weighted by molar-refractivity contribution is 5.46. The number of rotatable bonds is 1. The second-order valence-electron chi connectivity index (χ2n) is 6.04. The van der Waals surface area contributed by atoms with Gasteiger partial charge in [0.1, 0.15) is 0 Å². The van der Waals surface area contributed by atoms with Crippen LogP contribution in [0.25, 0.3) is 0 Å². The zero-order valence-corrected chi connectivity index (χ0v) is 11.7. The largest absolute Gasteiger partial charge is 0.399 e. The summed E-state index contributed by atoms with van der Waals surface area (Å²) in [7, 11) is 0. The smallest absolute Gasteiger partial charge is 0.0358 e. The van der Waals surface area contributed by atoms with Gasteiger partial charge < -0.3 is 5.73 Å². The first-order valence-corrected chi connectivity index (χ1v) is 7.50. The van der Waals surface area contributed by atoms with Crippen molar-refractivity contribution in [2.45, 2.75) is 38.4 Å². The molecule has 2 nitrogen and oxygen atoms in total. The lowest BCUT2D eigenvalue weighted by Gasteiger charge is -2.33. The minimum absolute atomic E-state index is 0.577. The van der Waals surface area contributed by atoms with Crippen LogP contribution in [0.15, 0.2) is 42.5 Å². The van der Waals surface area contributed by atoms with E-state index in [2.05, 4.69) is 41.3 Å². The van der Waals surface area contributed by atoms with Crippen molar-refractivity contribution >= 4 is 5.69 Å². The predicted molar refractivity (Wildman–Crippen MR) is 82.2 cm³/mol. The second-order valence-corrected chi connectivity index (χ2v) is 6.04. The first-order chi connectivity index (χ1) is 9.81. The molecule has 1 atom stereocenters. The van der Waals surface area contributed by atoms with Crippen molar-refractivity contribution in [1.29, 1.82) is 0 Å². The van der Waals surface area contributed by atoms with E-state index in [1.165, 1.54) is 30.4 Å². The third kappa shape index (κ3) is 1.92. The summed E-state index contributed by atoms with van der Waals surface area (Å²) in [6.45, 7) is 2.11. The number of hydrogen-bond acceptors (Lipinski definition) is 2. The highest BCUT2D eigenvalue weighted by Gasteiger charge is 2.29. The Bertz CT molecular complexity index is 648. The number of benzene rings is 2. The minimum Gasteiger partial charge on any atom is -0.399 e. The number of aryl methyl sites for hydroxylation is 1. The molecule has 1 aliphatic carbocycles.